The van der Waals surface area contributed by atoms with Crippen molar-refractivity contribution in [3.05, 3.63) is 72.8 Å². The Labute approximate surface area is 339 Å². The molecule has 26 heteroatoms. The molecule has 0 bridgehead atoms. The lowest BCUT2D eigenvalue weighted by Gasteiger charge is -2.14. The number of phenols is 2. The first-order chi connectivity index (χ1) is 27.8. The molecule has 0 aromatic heterocycles. The number of benzene rings is 6. The molecule has 0 heterocycles. The van der Waals surface area contributed by atoms with E-state index in [4.69, 9.17) is 20.9 Å². The fourth-order valence-electron chi connectivity index (χ4n) is 6.03. The van der Waals surface area contributed by atoms with Crippen LogP contribution in [0.25, 0.3) is 32.7 Å². The maximum absolute atomic E-state index is 12.6. The van der Waals surface area contributed by atoms with E-state index in [9.17, 15) is 62.1 Å². The van der Waals surface area contributed by atoms with Crippen LogP contribution in [0.3, 0.4) is 0 Å². The third-order valence-corrected chi connectivity index (χ3v) is 12.1. The molecule has 10 N–H and O–H groups in total. The summed E-state index contributed by atoms with van der Waals surface area (Å²) in [5.41, 5.74) is 9.16. The quantitative estimate of drug-likeness (QED) is 0.0415. The third-order valence-electron chi connectivity index (χ3n) is 8.66. The molecule has 6 aromatic carbocycles. The fourth-order valence-corrected chi connectivity index (χ4v) is 8.45. The number of azo groups is 2. The molecular formula is C34H28N6O16S4. The highest BCUT2D eigenvalue weighted by molar-refractivity contribution is 7.86. The van der Waals surface area contributed by atoms with Crippen molar-refractivity contribution in [2.45, 2.75) is 19.6 Å². The van der Waals surface area contributed by atoms with E-state index in [2.05, 4.69) is 20.5 Å². The van der Waals surface area contributed by atoms with Crippen LogP contribution in [0.5, 0.6) is 23.0 Å². The topological polar surface area (TPSA) is 378 Å². The lowest BCUT2D eigenvalue weighted by molar-refractivity contribution is 0.415. The van der Waals surface area contributed by atoms with E-state index in [0.717, 1.165) is 31.4 Å². The molecule has 0 fully saturated rings. The van der Waals surface area contributed by atoms with Gasteiger partial charge in [0.05, 0.1) is 24.0 Å². The molecule has 0 aliphatic heterocycles. The highest BCUT2D eigenvalue weighted by Crippen LogP contribution is 2.50. The summed E-state index contributed by atoms with van der Waals surface area (Å²) in [6.07, 6.45) is 0. The summed E-state index contributed by atoms with van der Waals surface area (Å²) in [5.74, 6) is -1.98. The summed E-state index contributed by atoms with van der Waals surface area (Å²) in [4.78, 5) is -3.70. The van der Waals surface area contributed by atoms with Crippen LogP contribution in [0, 0.1) is 0 Å². The molecule has 0 saturated carbocycles. The molecule has 0 radical (unpaired) electrons. The Bertz CT molecular complexity index is 3340. The van der Waals surface area contributed by atoms with Gasteiger partial charge in [-0.2, -0.15) is 33.7 Å². The molecule has 60 heavy (non-hydrogen) atoms. The second-order valence-corrected chi connectivity index (χ2v) is 18.0. The molecule has 0 unspecified atom stereocenters. The highest BCUT2D eigenvalue weighted by atomic mass is 32.2. The number of ether oxygens (including phenoxy) is 2. The van der Waals surface area contributed by atoms with Gasteiger partial charge in [-0.3, -0.25) is 18.2 Å². The van der Waals surface area contributed by atoms with Crippen molar-refractivity contribution >= 4 is 96.1 Å². The molecule has 6 aromatic rings. The minimum absolute atomic E-state index is 0.161. The van der Waals surface area contributed by atoms with Gasteiger partial charge in [-0.1, -0.05) is 12.1 Å². The van der Waals surface area contributed by atoms with Crippen molar-refractivity contribution in [1.29, 1.82) is 0 Å². The Morgan fingerprint density at radius 2 is 1.00 bits per heavy atom. The number of rotatable bonds is 11. The first-order valence-electron chi connectivity index (χ1n) is 16.1. The second-order valence-electron chi connectivity index (χ2n) is 12.4. The van der Waals surface area contributed by atoms with Crippen LogP contribution in [0.2, 0.25) is 0 Å². The number of nitrogen functional groups attached to an aromatic ring is 2. The van der Waals surface area contributed by atoms with E-state index in [0.29, 0.717) is 23.4 Å². The lowest BCUT2D eigenvalue weighted by atomic mass is 10.0. The molecular weight excluding hydrogens is 877 g/mol. The number of hydrogen-bond donors (Lipinski definition) is 8. The van der Waals surface area contributed by atoms with E-state index in [-0.39, 0.29) is 44.2 Å². The van der Waals surface area contributed by atoms with Crippen LogP contribution in [0.4, 0.5) is 34.1 Å². The van der Waals surface area contributed by atoms with Crippen molar-refractivity contribution in [2.24, 2.45) is 20.5 Å². The van der Waals surface area contributed by atoms with Crippen LogP contribution >= 0.6 is 0 Å². The largest absolute Gasteiger partial charge is 0.505 e. The van der Waals surface area contributed by atoms with Crippen LogP contribution in [-0.2, 0) is 40.5 Å². The molecule has 0 spiro atoms. The van der Waals surface area contributed by atoms with E-state index in [1.165, 1.54) is 19.2 Å². The molecule has 22 nitrogen and oxygen atoms in total. The zero-order valence-corrected chi connectivity index (χ0v) is 33.5. The summed E-state index contributed by atoms with van der Waals surface area (Å²) in [7, 11) is -17.8. The van der Waals surface area contributed by atoms with Gasteiger partial charge in [-0.15, -0.1) is 20.5 Å². The molecule has 6 rings (SSSR count). The third kappa shape index (κ3) is 8.20. The van der Waals surface area contributed by atoms with Crippen molar-refractivity contribution in [1.82, 2.24) is 0 Å². The van der Waals surface area contributed by atoms with E-state index < -0.39 is 94.3 Å². The number of nitrogens with two attached hydrogens (primary N) is 2. The molecule has 0 saturated heterocycles. The minimum Gasteiger partial charge on any atom is -0.505 e. The fraction of sp³-hybridized carbons (Fsp3) is 0.0588. The van der Waals surface area contributed by atoms with Gasteiger partial charge in [0.25, 0.3) is 40.5 Å². The SMILES string of the molecule is COc1cccc(-c2ccc(N=Nc3c(S(=O)(=O)O)cc4cc(S(=O)(=O)O)cc(N)c4c3O)c(OC)c2N=Nc2c(S(=O)(=O)O)cc3cc(S(=O)(=O)O)cc(N)c3c2O)c1. The van der Waals surface area contributed by atoms with Crippen LogP contribution in [-0.4, -0.2) is 76.3 Å². The minimum atomic E-state index is -5.29. The van der Waals surface area contributed by atoms with Crippen LogP contribution < -0.4 is 20.9 Å². The zero-order valence-electron chi connectivity index (χ0n) is 30.3. The summed E-state index contributed by atoms with van der Waals surface area (Å²) in [6, 6.07) is 13.5. The van der Waals surface area contributed by atoms with Gasteiger partial charge in [-0.25, -0.2) is 0 Å². The van der Waals surface area contributed by atoms with Crippen molar-refractivity contribution in [3.8, 4) is 34.1 Å². The van der Waals surface area contributed by atoms with Crippen molar-refractivity contribution in [3.63, 3.8) is 0 Å². The summed E-state index contributed by atoms with van der Waals surface area (Å²) < 4.78 is 148. The predicted molar refractivity (Wildman–Crippen MR) is 213 cm³/mol. The molecule has 0 atom stereocenters. The van der Waals surface area contributed by atoms with Crippen molar-refractivity contribution < 1.29 is 71.6 Å². The zero-order chi connectivity index (χ0) is 44.3. The second kappa shape index (κ2) is 15.3. The van der Waals surface area contributed by atoms with E-state index in [1.807, 2.05) is 0 Å². The van der Waals surface area contributed by atoms with Gasteiger partial charge in [0.2, 0.25) is 0 Å². The molecule has 0 aliphatic carbocycles. The number of fused-ring (bicyclic) bond motifs is 2. The Hall–Kier alpha value is -6.52. The smallest absolute Gasteiger partial charge is 0.296 e. The Morgan fingerprint density at radius 3 is 1.43 bits per heavy atom. The Morgan fingerprint density at radius 1 is 0.533 bits per heavy atom. The van der Waals surface area contributed by atoms with Gasteiger partial charge in [0.1, 0.15) is 38.3 Å². The summed E-state index contributed by atoms with van der Waals surface area (Å²) in [6.45, 7) is 0. The molecule has 0 amide bonds. The van der Waals surface area contributed by atoms with Crippen LogP contribution in [0.15, 0.2) is 113 Å². The van der Waals surface area contributed by atoms with E-state index >= 15 is 0 Å². The van der Waals surface area contributed by atoms with Crippen molar-refractivity contribution in [2.75, 3.05) is 25.7 Å². The lowest BCUT2D eigenvalue weighted by Crippen LogP contribution is -2.02. The van der Waals surface area contributed by atoms with Gasteiger partial charge in [-0.05, 0) is 77.0 Å². The maximum Gasteiger partial charge on any atom is 0.296 e. The number of anilines is 2. The normalized spacial score (nSPS) is 12.8. The van der Waals surface area contributed by atoms with Crippen LogP contribution in [0.1, 0.15) is 0 Å². The summed E-state index contributed by atoms with van der Waals surface area (Å²) >= 11 is 0. The summed E-state index contributed by atoms with van der Waals surface area (Å²) in [5, 5.41) is 37.0. The average molecular weight is 905 g/mol. The monoisotopic (exact) mass is 904 g/mol. The predicted octanol–water partition coefficient (Wildman–Crippen LogP) is 6.07. The van der Waals surface area contributed by atoms with E-state index in [1.54, 1.807) is 24.3 Å². The van der Waals surface area contributed by atoms with Gasteiger partial charge >= 0.3 is 0 Å². The first-order valence-corrected chi connectivity index (χ1v) is 21.9. The van der Waals surface area contributed by atoms with Gasteiger partial charge < -0.3 is 31.2 Å². The number of methoxy groups -OCH3 is 2. The molecule has 0 aliphatic rings. The van der Waals surface area contributed by atoms with Gasteiger partial charge in [0.15, 0.2) is 17.2 Å². The maximum atomic E-state index is 12.6. The first kappa shape index (κ1) is 43.1. The Balaban J connectivity index is 1.62. The number of phenolic OH excluding ortho intramolecular Hbond substituents is 2. The standard InChI is InChI=1S/C34H28N6O16S4/c1-55-18-5-3-4-15(8-18)21-6-7-24(37-39-30-25(59(49,50)51)11-16-9-19(57(43,44)45)13-22(35)27(16)32(30)41)34(56-2)29(21)38-40-31-26(60(52,53)54)12-17-10-20(58(46,47)48)14-23(36)28(17)33(31)42/h3-14,41-42H,35-36H2,1-2H3,(H,43,44,45)(H,46,47,48)(H,49,50,51)(H,52,53,54). The number of nitrogens with zero attached hydrogens (tertiary/aromatic N) is 4. The average Bonchev–Trinajstić information content (AvgIpc) is 3.14. The van der Waals surface area contributed by atoms with Gasteiger partial charge in [0, 0.05) is 27.7 Å². The number of aromatic hydroxyl groups is 2. The highest BCUT2D eigenvalue weighted by Gasteiger charge is 2.27. The Kier molecular flexibility index (Phi) is 11.0. The number of hydrogen-bond acceptors (Lipinski definition) is 18. The molecule has 314 valence electrons.